The molecule has 2 atom stereocenters. The van der Waals surface area contributed by atoms with Crippen molar-refractivity contribution in [3.8, 4) is 0 Å². The Labute approximate surface area is 105 Å². The number of carboxylic acids is 1. The molecule has 17 heavy (non-hydrogen) atoms. The van der Waals surface area contributed by atoms with Crippen LogP contribution < -0.4 is 0 Å². The van der Waals surface area contributed by atoms with E-state index >= 15 is 0 Å². The molecule has 0 amide bonds. The van der Waals surface area contributed by atoms with E-state index in [9.17, 15) is 4.79 Å². The molecular formula is C14H27NO2. The first-order chi connectivity index (χ1) is 7.99. The molecule has 1 aliphatic rings. The second-order valence-electron chi connectivity index (χ2n) is 5.94. The normalized spacial score (nSPS) is 25.5. The van der Waals surface area contributed by atoms with Gasteiger partial charge in [0.25, 0.3) is 0 Å². The molecule has 1 rings (SSSR count). The summed E-state index contributed by atoms with van der Waals surface area (Å²) in [5.74, 6) is 0.940. The van der Waals surface area contributed by atoms with Crippen molar-refractivity contribution in [2.75, 3.05) is 13.6 Å². The van der Waals surface area contributed by atoms with Crippen LogP contribution in [0.25, 0.3) is 0 Å². The van der Waals surface area contributed by atoms with Crippen molar-refractivity contribution in [3.05, 3.63) is 0 Å². The largest absolute Gasteiger partial charge is 0.481 e. The van der Waals surface area contributed by atoms with Gasteiger partial charge in [0.15, 0.2) is 0 Å². The standard InChI is InChI=1S/C14H27NO2/c1-11(2)9-12-5-4-6-13(10-12)15(3)8-7-14(16)17/h11-13H,4-10H2,1-3H3,(H,16,17). The summed E-state index contributed by atoms with van der Waals surface area (Å²) in [5.41, 5.74) is 0. The zero-order valence-electron chi connectivity index (χ0n) is 11.5. The number of nitrogens with zero attached hydrogens (tertiary/aromatic N) is 1. The lowest BCUT2D eigenvalue weighted by Gasteiger charge is -2.35. The molecule has 1 fully saturated rings. The molecule has 0 radical (unpaired) electrons. The average Bonchev–Trinajstić information content (AvgIpc) is 2.25. The van der Waals surface area contributed by atoms with Crippen LogP contribution in [0.15, 0.2) is 0 Å². The predicted octanol–water partition coefficient (Wildman–Crippen LogP) is 3.00. The summed E-state index contributed by atoms with van der Waals surface area (Å²) in [7, 11) is 2.07. The van der Waals surface area contributed by atoms with Crippen molar-refractivity contribution < 1.29 is 9.90 Å². The van der Waals surface area contributed by atoms with Crippen LogP contribution in [0.4, 0.5) is 0 Å². The van der Waals surface area contributed by atoms with Crippen LogP contribution in [0.5, 0.6) is 0 Å². The summed E-state index contributed by atoms with van der Waals surface area (Å²) >= 11 is 0. The molecule has 3 nitrogen and oxygen atoms in total. The minimum Gasteiger partial charge on any atom is -0.481 e. The fraction of sp³-hybridized carbons (Fsp3) is 0.929. The molecule has 0 aromatic rings. The molecule has 2 unspecified atom stereocenters. The Hall–Kier alpha value is -0.570. The number of aliphatic carboxylic acids is 1. The third-order valence-electron chi connectivity index (χ3n) is 3.86. The van der Waals surface area contributed by atoms with Gasteiger partial charge in [-0.2, -0.15) is 0 Å². The van der Waals surface area contributed by atoms with Crippen LogP contribution >= 0.6 is 0 Å². The Kier molecular flexibility index (Phi) is 5.96. The van der Waals surface area contributed by atoms with Crippen LogP contribution in [0.3, 0.4) is 0 Å². The third-order valence-corrected chi connectivity index (χ3v) is 3.86. The maximum absolute atomic E-state index is 10.6. The van der Waals surface area contributed by atoms with E-state index in [1.165, 1.54) is 32.1 Å². The average molecular weight is 241 g/mol. The maximum Gasteiger partial charge on any atom is 0.304 e. The third kappa shape index (κ3) is 5.53. The van der Waals surface area contributed by atoms with Crippen molar-refractivity contribution in [1.82, 2.24) is 4.90 Å². The van der Waals surface area contributed by atoms with Gasteiger partial charge >= 0.3 is 5.97 Å². The highest BCUT2D eigenvalue weighted by Crippen LogP contribution is 2.31. The van der Waals surface area contributed by atoms with Crippen LogP contribution in [0.1, 0.15) is 52.4 Å². The number of hydrogen-bond acceptors (Lipinski definition) is 2. The van der Waals surface area contributed by atoms with Gasteiger partial charge in [0.2, 0.25) is 0 Å². The lowest BCUT2D eigenvalue weighted by molar-refractivity contribution is -0.137. The Bertz CT molecular complexity index is 240. The van der Waals surface area contributed by atoms with Gasteiger partial charge in [-0.25, -0.2) is 0 Å². The highest BCUT2D eigenvalue weighted by atomic mass is 16.4. The first-order valence-electron chi connectivity index (χ1n) is 6.91. The van der Waals surface area contributed by atoms with E-state index < -0.39 is 5.97 Å². The van der Waals surface area contributed by atoms with Gasteiger partial charge in [-0.15, -0.1) is 0 Å². The van der Waals surface area contributed by atoms with Gasteiger partial charge in [0.1, 0.15) is 0 Å². The SMILES string of the molecule is CC(C)CC1CCCC(N(C)CCC(=O)O)C1. The molecule has 0 spiro atoms. The Morgan fingerprint density at radius 3 is 2.71 bits per heavy atom. The summed E-state index contributed by atoms with van der Waals surface area (Å²) in [6.07, 6.45) is 6.76. The first kappa shape index (κ1) is 14.5. The monoisotopic (exact) mass is 241 g/mol. The van der Waals surface area contributed by atoms with E-state index in [2.05, 4.69) is 25.8 Å². The number of carboxylic acid groups (broad SMARTS) is 1. The lowest BCUT2D eigenvalue weighted by atomic mass is 9.80. The molecule has 0 heterocycles. The molecule has 1 saturated carbocycles. The smallest absolute Gasteiger partial charge is 0.304 e. The van der Waals surface area contributed by atoms with Crippen molar-refractivity contribution in [2.45, 2.75) is 58.4 Å². The predicted molar refractivity (Wildman–Crippen MR) is 70.1 cm³/mol. The van der Waals surface area contributed by atoms with Gasteiger partial charge in [-0.05, 0) is 38.1 Å². The van der Waals surface area contributed by atoms with E-state index in [1.807, 2.05) is 0 Å². The summed E-state index contributed by atoms with van der Waals surface area (Å²) < 4.78 is 0. The molecule has 0 aromatic heterocycles. The summed E-state index contributed by atoms with van der Waals surface area (Å²) in [6, 6.07) is 0.604. The van der Waals surface area contributed by atoms with Crippen molar-refractivity contribution in [3.63, 3.8) is 0 Å². The number of rotatable bonds is 6. The van der Waals surface area contributed by atoms with Crippen LogP contribution in [0, 0.1) is 11.8 Å². The second-order valence-corrected chi connectivity index (χ2v) is 5.94. The lowest BCUT2D eigenvalue weighted by Crippen LogP contribution is -2.37. The quantitative estimate of drug-likeness (QED) is 0.777. The Balaban J connectivity index is 2.34. The van der Waals surface area contributed by atoms with Gasteiger partial charge in [-0.3, -0.25) is 4.79 Å². The van der Waals surface area contributed by atoms with Gasteiger partial charge in [-0.1, -0.05) is 26.7 Å². The first-order valence-corrected chi connectivity index (χ1v) is 6.91. The zero-order chi connectivity index (χ0) is 12.8. The fourth-order valence-electron chi connectivity index (χ4n) is 3.00. The van der Waals surface area contributed by atoms with Gasteiger partial charge < -0.3 is 10.0 Å². The Morgan fingerprint density at radius 1 is 1.41 bits per heavy atom. The van der Waals surface area contributed by atoms with Crippen LogP contribution in [-0.4, -0.2) is 35.6 Å². The molecule has 0 bridgehead atoms. The minimum absolute atomic E-state index is 0.266. The highest BCUT2D eigenvalue weighted by Gasteiger charge is 2.25. The van der Waals surface area contributed by atoms with E-state index in [1.54, 1.807) is 0 Å². The van der Waals surface area contributed by atoms with Crippen LogP contribution in [0.2, 0.25) is 0 Å². The summed E-state index contributed by atoms with van der Waals surface area (Å²) in [6.45, 7) is 5.27. The molecule has 0 saturated heterocycles. The molecule has 100 valence electrons. The molecule has 3 heteroatoms. The second kappa shape index (κ2) is 7.00. The molecular weight excluding hydrogens is 214 g/mol. The van der Waals surface area contributed by atoms with Gasteiger partial charge in [0, 0.05) is 12.6 Å². The fourth-order valence-corrected chi connectivity index (χ4v) is 3.00. The van der Waals surface area contributed by atoms with E-state index in [0.717, 1.165) is 11.8 Å². The summed E-state index contributed by atoms with van der Waals surface area (Å²) in [4.78, 5) is 12.8. The highest BCUT2D eigenvalue weighted by molar-refractivity contribution is 5.66. The zero-order valence-corrected chi connectivity index (χ0v) is 11.5. The van der Waals surface area contributed by atoms with E-state index in [-0.39, 0.29) is 6.42 Å². The van der Waals surface area contributed by atoms with Crippen molar-refractivity contribution in [2.24, 2.45) is 11.8 Å². The molecule has 0 aliphatic heterocycles. The molecule has 1 aliphatic carbocycles. The number of carbonyl (C=O) groups is 1. The minimum atomic E-state index is -0.689. The van der Waals surface area contributed by atoms with Crippen molar-refractivity contribution in [1.29, 1.82) is 0 Å². The topological polar surface area (TPSA) is 40.5 Å². The Morgan fingerprint density at radius 2 is 2.12 bits per heavy atom. The van der Waals surface area contributed by atoms with Crippen LogP contribution in [-0.2, 0) is 4.79 Å². The number of hydrogen-bond donors (Lipinski definition) is 1. The van der Waals surface area contributed by atoms with Gasteiger partial charge in [0.05, 0.1) is 6.42 Å². The molecule has 1 N–H and O–H groups in total. The maximum atomic E-state index is 10.6. The molecule has 0 aromatic carbocycles. The van der Waals surface area contributed by atoms with Crippen molar-refractivity contribution >= 4 is 5.97 Å². The van der Waals surface area contributed by atoms with E-state index in [4.69, 9.17) is 5.11 Å². The summed E-state index contributed by atoms with van der Waals surface area (Å²) in [5, 5.41) is 8.71. The van der Waals surface area contributed by atoms with E-state index in [0.29, 0.717) is 12.6 Å².